The first kappa shape index (κ1) is 16.7. The molecular weight excluding hydrogens is 350 g/mol. The van der Waals surface area contributed by atoms with E-state index in [1.807, 2.05) is 30.3 Å². The van der Waals surface area contributed by atoms with E-state index >= 15 is 0 Å². The van der Waals surface area contributed by atoms with Crippen molar-refractivity contribution >= 4 is 5.97 Å². The molecule has 3 aromatic heterocycles. The van der Waals surface area contributed by atoms with Crippen LogP contribution in [0.1, 0.15) is 17.3 Å². The van der Waals surface area contributed by atoms with Crippen molar-refractivity contribution in [1.29, 1.82) is 0 Å². The molecule has 136 valence electrons. The van der Waals surface area contributed by atoms with Crippen LogP contribution in [0.2, 0.25) is 0 Å². The molecule has 0 bridgehead atoms. The number of rotatable bonds is 7. The average Bonchev–Trinajstić information content (AvgIpc) is 3.47. The first-order valence-electron chi connectivity index (χ1n) is 8.22. The Kier molecular flexibility index (Phi) is 4.73. The maximum absolute atomic E-state index is 12.6. The smallest absolute Gasteiger partial charge is 0.331 e. The number of benzene rings is 1. The number of tetrazole rings is 1. The summed E-state index contributed by atoms with van der Waals surface area (Å²) in [7, 11) is 0. The molecular formula is C18H15N5O4. The molecule has 0 aliphatic carbocycles. The van der Waals surface area contributed by atoms with E-state index in [0.717, 1.165) is 5.56 Å². The van der Waals surface area contributed by atoms with Gasteiger partial charge in [-0.3, -0.25) is 0 Å². The predicted molar refractivity (Wildman–Crippen MR) is 91.0 cm³/mol. The molecule has 0 radical (unpaired) electrons. The average molecular weight is 365 g/mol. The van der Waals surface area contributed by atoms with Gasteiger partial charge in [0.2, 0.25) is 5.76 Å². The number of nitrogens with zero attached hydrogens (tertiary/aromatic N) is 5. The van der Waals surface area contributed by atoms with Crippen LogP contribution in [0.25, 0.3) is 11.5 Å². The lowest BCUT2D eigenvalue weighted by atomic mass is 10.1. The number of furan rings is 1. The lowest BCUT2D eigenvalue weighted by Gasteiger charge is -2.15. The Bertz CT molecular complexity index is 980. The fourth-order valence-electron chi connectivity index (χ4n) is 2.59. The summed E-state index contributed by atoms with van der Waals surface area (Å²) < 4.78 is 17.2. The van der Waals surface area contributed by atoms with Crippen molar-refractivity contribution in [2.45, 2.75) is 19.1 Å². The topological polar surface area (TPSA) is 109 Å². The Balaban J connectivity index is 1.44. The van der Waals surface area contributed by atoms with Crippen molar-refractivity contribution in [3.63, 3.8) is 0 Å². The highest BCUT2D eigenvalue weighted by molar-refractivity contribution is 5.74. The second-order valence-corrected chi connectivity index (χ2v) is 5.76. The first-order valence-corrected chi connectivity index (χ1v) is 8.22. The maximum atomic E-state index is 12.6. The van der Waals surface area contributed by atoms with Gasteiger partial charge in [-0.2, -0.15) is 0 Å². The van der Waals surface area contributed by atoms with Crippen LogP contribution in [0.15, 0.2) is 70.1 Å². The Morgan fingerprint density at radius 3 is 2.78 bits per heavy atom. The molecule has 4 aromatic rings. The number of carbonyl (C=O) groups is 1. The summed E-state index contributed by atoms with van der Waals surface area (Å²) in [5, 5.41) is 14.9. The molecule has 0 unspecified atom stereocenters. The third kappa shape index (κ3) is 3.92. The number of aromatic nitrogens is 5. The summed E-state index contributed by atoms with van der Waals surface area (Å²) in [4.78, 5) is 12.6. The van der Waals surface area contributed by atoms with Gasteiger partial charge in [-0.25, -0.2) is 9.48 Å². The highest BCUT2D eigenvalue weighted by Gasteiger charge is 2.24. The minimum absolute atomic E-state index is 0.0313. The van der Waals surface area contributed by atoms with Crippen LogP contribution in [-0.2, 0) is 22.6 Å². The van der Waals surface area contributed by atoms with Crippen molar-refractivity contribution in [2.75, 3.05) is 0 Å². The number of hydrogen-bond acceptors (Lipinski definition) is 8. The summed E-state index contributed by atoms with van der Waals surface area (Å²) in [6.07, 6.45) is 3.33. The Hall–Kier alpha value is -3.75. The fraction of sp³-hybridized carbons (Fsp3) is 0.167. The SMILES string of the molecule is O=C(OCc1cc(-c2ccco2)on1)[C@@H](Cc1ccccc1)n1cnnn1. The van der Waals surface area contributed by atoms with Crippen LogP contribution in [0.3, 0.4) is 0 Å². The van der Waals surface area contributed by atoms with Gasteiger partial charge in [-0.15, -0.1) is 5.10 Å². The Morgan fingerprint density at radius 1 is 1.15 bits per heavy atom. The molecule has 0 saturated carbocycles. The van der Waals surface area contributed by atoms with Gasteiger partial charge in [0.15, 0.2) is 11.8 Å². The molecule has 0 amide bonds. The van der Waals surface area contributed by atoms with Gasteiger partial charge in [0.25, 0.3) is 0 Å². The van der Waals surface area contributed by atoms with E-state index in [0.29, 0.717) is 23.6 Å². The highest BCUT2D eigenvalue weighted by Crippen LogP contribution is 2.21. The van der Waals surface area contributed by atoms with Crippen LogP contribution in [-0.4, -0.2) is 31.3 Å². The molecule has 4 rings (SSSR count). The van der Waals surface area contributed by atoms with E-state index in [-0.39, 0.29) is 6.61 Å². The zero-order valence-electron chi connectivity index (χ0n) is 14.1. The molecule has 0 fully saturated rings. The van der Waals surface area contributed by atoms with Crippen LogP contribution in [0.4, 0.5) is 0 Å². The van der Waals surface area contributed by atoms with Crippen molar-refractivity contribution in [3.05, 3.63) is 72.4 Å². The molecule has 0 saturated heterocycles. The minimum atomic E-state index is -0.682. The second kappa shape index (κ2) is 7.65. The van der Waals surface area contributed by atoms with Crippen LogP contribution >= 0.6 is 0 Å². The molecule has 0 N–H and O–H groups in total. The van der Waals surface area contributed by atoms with Crippen molar-refractivity contribution in [3.8, 4) is 11.5 Å². The normalized spacial score (nSPS) is 12.0. The van der Waals surface area contributed by atoms with E-state index in [1.165, 1.54) is 17.3 Å². The van der Waals surface area contributed by atoms with E-state index in [9.17, 15) is 4.79 Å². The van der Waals surface area contributed by atoms with Crippen LogP contribution < -0.4 is 0 Å². The van der Waals surface area contributed by atoms with Gasteiger partial charge >= 0.3 is 5.97 Å². The molecule has 0 spiro atoms. The molecule has 9 heteroatoms. The van der Waals surface area contributed by atoms with Gasteiger partial charge in [0, 0.05) is 12.5 Å². The molecule has 0 aliphatic rings. The number of carbonyl (C=O) groups excluding carboxylic acids is 1. The van der Waals surface area contributed by atoms with E-state index < -0.39 is 12.0 Å². The largest absolute Gasteiger partial charge is 0.461 e. The van der Waals surface area contributed by atoms with Crippen molar-refractivity contribution in [2.24, 2.45) is 0 Å². The summed E-state index contributed by atoms with van der Waals surface area (Å²) in [5.41, 5.74) is 1.45. The monoisotopic (exact) mass is 365 g/mol. The molecule has 9 nitrogen and oxygen atoms in total. The zero-order chi connectivity index (χ0) is 18.5. The molecule has 3 heterocycles. The lowest BCUT2D eigenvalue weighted by Crippen LogP contribution is -2.24. The maximum Gasteiger partial charge on any atom is 0.331 e. The van der Waals surface area contributed by atoms with Gasteiger partial charge in [-0.1, -0.05) is 35.5 Å². The summed E-state index contributed by atoms with van der Waals surface area (Å²) in [6, 6.07) is 14.1. The van der Waals surface area contributed by atoms with Crippen LogP contribution in [0, 0.1) is 0 Å². The van der Waals surface area contributed by atoms with E-state index in [4.69, 9.17) is 13.7 Å². The van der Waals surface area contributed by atoms with Gasteiger partial charge < -0.3 is 13.7 Å². The zero-order valence-corrected chi connectivity index (χ0v) is 14.1. The third-order valence-corrected chi connectivity index (χ3v) is 3.91. The number of ether oxygens (including phenoxy) is 1. The lowest BCUT2D eigenvalue weighted by molar-refractivity contribution is -0.149. The molecule has 27 heavy (non-hydrogen) atoms. The summed E-state index contributed by atoms with van der Waals surface area (Å²) in [5.74, 6) is 0.553. The second-order valence-electron chi connectivity index (χ2n) is 5.76. The highest BCUT2D eigenvalue weighted by atomic mass is 16.5. The van der Waals surface area contributed by atoms with Gasteiger partial charge in [-0.05, 0) is 28.1 Å². The number of hydrogen-bond donors (Lipinski definition) is 0. The first-order chi connectivity index (χ1) is 13.3. The minimum Gasteiger partial charge on any atom is -0.461 e. The summed E-state index contributed by atoms with van der Waals surface area (Å²) in [6.45, 7) is -0.0313. The molecule has 1 aromatic carbocycles. The van der Waals surface area contributed by atoms with E-state index in [1.54, 1.807) is 18.2 Å². The predicted octanol–water partition coefficient (Wildman–Crippen LogP) is 2.45. The number of esters is 1. The van der Waals surface area contributed by atoms with Crippen molar-refractivity contribution in [1.82, 2.24) is 25.4 Å². The summed E-state index contributed by atoms with van der Waals surface area (Å²) >= 11 is 0. The van der Waals surface area contributed by atoms with Gasteiger partial charge in [0.1, 0.15) is 18.6 Å². The standard InChI is InChI=1S/C18H15N5O4/c24-18(26-11-14-10-17(27-20-14)16-7-4-8-25-16)15(23-12-19-21-22-23)9-13-5-2-1-3-6-13/h1-8,10,12,15H,9,11H2/t15-/m1/s1. The van der Waals surface area contributed by atoms with Gasteiger partial charge in [0.05, 0.1) is 6.26 Å². The quantitative estimate of drug-likeness (QED) is 0.459. The Morgan fingerprint density at radius 2 is 2.04 bits per heavy atom. The third-order valence-electron chi connectivity index (χ3n) is 3.91. The van der Waals surface area contributed by atoms with E-state index in [2.05, 4.69) is 20.7 Å². The Labute approximate surface area is 153 Å². The van der Waals surface area contributed by atoms with Crippen LogP contribution in [0.5, 0.6) is 0 Å². The fourth-order valence-corrected chi connectivity index (χ4v) is 2.59. The van der Waals surface area contributed by atoms with Crippen molar-refractivity contribution < 1.29 is 18.5 Å². The molecule has 0 aliphatic heterocycles. The molecule has 1 atom stereocenters.